The molecule has 34 heavy (non-hydrogen) atoms. The minimum absolute atomic E-state index is 0.102. The smallest absolute Gasteiger partial charge is 0.278 e. The molecule has 0 saturated carbocycles. The molecule has 172 valence electrons. The number of aryl methyl sites for hydroxylation is 1. The molecule has 7 heteroatoms. The fourth-order valence-corrected chi connectivity index (χ4v) is 4.45. The maximum Gasteiger partial charge on any atom is 0.278 e. The van der Waals surface area contributed by atoms with Crippen LogP contribution in [0.1, 0.15) is 16.7 Å². The van der Waals surface area contributed by atoms with Crippen LogP contribution < -0.4 is 4.90 Å². The summed E-state index contributed by atoms with van der Waals surface area (Å²) in [6.45, 7) is 4.68. The first-order valence-corrected chi connectivity index (χ1v) is 11.3. The fraction of sp³-hybridized carbons (Fsp3) is 0.222. The normalized spacial score (nSPS) is 16.6. The van der Waals surface area contributed by atoms with Gasteiger partial charge in [-0.2, -0.15) is 0 Å². The molecule has 0 spiro atoms. The van der Waals surface area contributed by atoms with Gasteiger partial charge in [-0.1, -0.05) is 48.0 Å². The number of benzene rings is 2. The molecule has 0 unspecified atom stereocenters. The van der Waals surface area contributed by atoms with E-state index in [1.165, 1.54) is 17.0 Å². The SMILES string of the molecule is Cc1ccc(C2=C(N3CCN(c4ccccn4)CC3)C(=O)N(Cc3ccc(F)cc3)C2=O)cc1. The van der Waals surface area contributed by atoms with E-state index in [2.05, 4.69) is 9.88 Å². The van der Waals surface area contributed by atoms with Crippen molar-refractivity contribution in [1.29, 1.82) is 0 Å². The van der Waals surface area contributed by atoms with E-state index in [-0.39, 0.29) is 24.2 Å². The Morgan fingerprint density at radius 1 is 0.824 bits per heavy atom. The number of piperazine rings is 1. The van der Waals surface area contributed by atoms with Crippen LogP contribution in [0.15, 0.2) is 78.6 Å². The van der Waals surface area contributed by atoms with E-state index < -0.39 is 0 Å². The average molecular weight is 457 g/mol. The summed E-state index contributed by atoms with van der Waals surface area (Å²) in [5, 5.41) is 0. The Kier molecular flexibility index (Phi) is 5.84. The molecule has 5 rings (SSSR count). The third-order valence-corrected chi connectivity index (χ3v) is 6.31. The van der Waals surface area contributed by atoms with Gasteiger partial charge in [0.2, 0.25) is 0 Å². The predicted molar refractivity (Wildman–Crippen MR) is 128 cm³/mol. The van der Waals surface area contributed by atoms with Crippen LogP contribution in [-0.2, 0) is 16.1 Å². The Balaban J connectivity index is 1.45. The first-order chi connectivity index (χ1) is 16.5. The molecule has 2 aromatic carbocycles. The van der Waals surface area contributed by atoms with Gasteiger partial charge in [-0.05, 0) is 42.3 Å². The highest BCUT2D eigenvalue weighted by Gasteiger charge is 2.42. The molecule has 3 heterocycles. The summed E-state index contributed by atoms with van der Waals surface area (Å²) < 4.78 is 13.4. The van der Waals surface area contributed by atoms with Gasteiger partial charge in [0.05, 0.1) is 12.1 Å². The molecule has 1 fully saturated rings. The van der Waals surface area contributed by atoms with Crippen LogP contribution in [0.3, 0.4) is 0 Å². The van der Waals surface area contributed by atoms with Crippen LogP contribution in [0, 0.1) is 12.7 Å². The standard InChI is InChI=1S/C27H25FN4O2/c1-19-5-9-21(10-6-19)24-25(31-16-14-30(15-17-31)23-4-2-3-13-29-23)27(34)32(26(24)33)18-20-7-11-22(28)12-8-20/h2-13H,14-18H2,1H3. The van der Waals surface area contributed by atoms with Crippen molar-refractivity contribution >= 4 is 23.2 Å². The van der Waals surface area contributed by atoms with E-state index in [1.807, 2.05) is 54.3 Å². The van der Waals surface area contributed by atoms with Crippen molar-refractivity contribution in [1.82, 2.24) is 14.8 Å². The molecule has 3 aromatic rings. The van der Waals surface area contributed by atoms with Crippen LogP contribution >= 0.6 is 0 Å². The van der Waals surface area contributed by atoms with Crippen molar-refractivity contribution in [3.63, 3.8) is 0 Å². The maximum atomic E-state index is 13.6. The second-order valence-electron chi connectivity index (χ2n) is 8.57. The van der Waals surface area contributed by atoms with Crippen molar-refractivity contribution in [3.05, 3.63) is 101 Å². The van der Waals surface area contributed by atoms with Crippen molar-refractivity contribution in [3.8, 4) is 0 Å². The van der Waals surface area contributed by atoms with E-state index in [0.717, 1.165) is 16.9 Å². The van der Waals surface area contributed by atoms with Gasteiger partial charge in [-0.3, -0.25) is 14.5 Å². The minimum atomic E-state index is -0.354. The average Bonchev–Trinajstić information content (AvgIpc) is 3.11. The van der Waals surface area contributed by atoms with Crippen LogP contribution in [0.25, 0.3) is 5.57 Å². The Morgan fingerprint density at radius 2 is 1.50 bits per heavy atom. The number of carbonyl (C=O) groups excluding carboxylic acids is 2. The van der Waals surface area contributed by atoms with Crippen LogP contribution in [-0.4, -0.2) is 52.8 Å². The number of imide groups is 1. The van der Waals surface area contributed by atoms with Gasteiger partial charge in [0.1, 0.15) is 17.3 Å². The molecule has 0 aliphatic carbocycles. The van der Waals surface area contributed by atoms with Crippen LogP contribution in [0.4, 0.5) is 10.2 Å². The van der Waals surface area contributed by atoms with E-state index in [0.29, 0.717) is 43.0 Å². The third kappa shape index (κ3) is 4.17. The van der Waals surface area contributed by atoms with Gasteiger partial charge in [-0.15, -0.1) is 0 Å². The highest BCUT2D eigenvalue weighted by atomic mass is 19.1. The van der Waals surface area contributed by atoms with Gasteiger partial charge in [0, 0.05) is 32.4 Å². The Hall–Kier alpha value is -4.00. The first kappa shape index (κ1) is 21.8. The molecule has 1 aromatic heterocycles. The van der Waals surface area contributed by atoms with Crippen molar-refractivity contribution in [2.45, 2.75) is 13.5 Å². The van der Waals surface area contributed by atoms with Gasteiger partial charge in [0.15, 0.2) is 0 Å². The second-order valence-corrected chi connectivity index (χ2v) is 8.57. The molecule has 2 aliphatic rings. The molecule has 1 saturated heterocycles. The molecule has 2 aliphatic heterocycles. The largest absolute Gasteiger partial charge is 0.363 e. The molecule has 0 atom stereocenters. The first-order valence-electron chi connectivity index (χ1n) is 11.3. The number of pyridine rings is 1. The number of anilines is 1. The molecular weight excluding hydrogens is 431 g/mol. The number of hydrogen-bond acceptors (Lipinski definition) is 5. The lowest BCUT2D eigenvalue weighted by molar-refractivity contribution is -0.138. The lowest BCUT2D eigenvalue weighted by Crippen LogP contribution is -2.47. The zero-order valence-electron chi connectivity index (χ0n) is 18.9. The van der Waals surface area contributed by atoms with Crippen molar-refractivity contribution in [2.75, 3.05) is 31.1 Å². The molecule has 6 nitrogen and oxygen atoms in total. The van der Waals surface area contributed by atoms with Crippen LogP contribution in [0.2, 0.25) is 0 Å². The van der Waals surface area contributed by atoms with Gasteiger partial charge >= 0.3 is 0 Å². The Labute approximate surface area is 197 Å². The number of rotatable bonds is 5. The van der Waals surface area contributed by atoms with Gasteiger partial charge in [0.25, 0.3) is 11.8 Å². The van der Waals surface area contributed by atoms with Gasteiger partial charge in [-0.25, -0.2) is 9.37 Å². The van der Waals surface area contributed by atoms with Crippen molar-refractivity contribution < 1.29 is 14.0 Å². The summed E-state index contributed by atoms with van der Waals surface area (Å²) in [6, 6.07) is 19.4. The lowest BCUT2D eigenvalue weighted by Gasteiger charge is -2.37. The molecule has 0 N–H and O–H groups in total. The van der Waals surface area contributed by atoms with Gasteiger partial charge < -0.3 is 9.80 Å². The second kappa shape index (κ2) is 9.09. The quantitative estimate of drug-likeness (QED) is 0.549. The zero-order chi connectivity index (χ0) is 23.7. The predicted octanol–water partition coefficient (Wildman–Crippen LogP) is 3.63. The number of halogens is 1. The fourth-order valence-electron chi connectivity index (χ4n) is 4.45. The Bertz CT molecular complexity index is 1230. The molecular formula is C27H25FN4O2. The number of hydrogen-bond donors (Lipinski definition) is 0. The third-order valence-electron chi connectivity index (χ3n) is 6.31. The number of amides is 2. The molecule has 2 amide bonds. The number of nitrogens with zero attached hydrogens (tertiary/aromatic N) is 4. The monoisotopic (exact) mass is 456 g/mol. The van der Waals surface area contributed by atoms with E-state index in [9.17, 15) is 14.0 Å². The summed E-state index contributed by atoms with van der Waals surface area (Å²) >= 11 is 0. The summed E-state index contributed by atoms with van der Waals surface area (Å²) in [5.74, 6) is -0.0778. The van der Waals surface area contributed by atoms with E-state index in [4.69, 9.17) is 0 Å². The lowest BCUT2D eigenvalue weighted by atomic mass is 10.0. The van der Waals surface area contributed by atoms with Crippen LogP contribution in [0.5, 0.6) is 0 Å². The molecule has 0 radical (unpaired) electrons. The Morgan fingerprint density at radius 3 is 2.15 bits per heavy atom. The van der Waals surface area contributed by atoms with Crippen molar-refractivity contribution in [2.24, 2.45) is 0 Å². The summed E-state index contributed by atoms with van der Waals surface area (Å²) in [7, 11) is 0. The number of carbonyl (C=O) groups is 2. The van der Waals surface area contributed by atoms with E-state index >= 15 is 0 Å². The summed E-state index contributed by atoms with van der Waals surface area (Å²) in [5.41, 5.74) is 3.38. The summed E-state index contributed by atoms with van der Waals surface area (Å²) in [4.78, 5) is 37.0. The zero-order valence-corrected chi connectivity index (χ0v) is 18.9. The van der Waals surface area contributed by atoms with E-state index in [1.54, 1.807) is 18.3 Å². The summed E-state index contributed by atoms with van der Waals surface area (Å²) in [6.07, 6.45) is 1.77. The highest BCUT2D eigenvalue weighted by molar-refractivity contribution is 6.35. The topological polar surface area (TPSA) is 56.8 Å². The highest BCUT2D eigenvalue weighted by Crippen LogP contribution is 2.33. The maximum absolute atomic E-state index is 13.6. The molecule has 0 bridgehead atoms. The minimum Gasteiger partial charge on any atom is -0.363 e. The number of aromatic nitrogens is 1.